The molecule has 1 saturated heterocycles. The quantitative estimate of drug-likeness (QED) is 0.721. The van der Waals surface area contributed by atoms with Gasteiger partial charge in [-0.05, 0) is 30.9 Å². The molecule has 0 saturated carbocycles. The molecule has 2 aromatic rings. The van der Waals surface area contributed by atoms with Crippen LogP contribution in [0.3, 0.4) is 0 Å². The summed E-state index contributed by atoms with van der Waals surface area (Å²) in [4.78, 5) is 11.8. The molecule has 0 radical (unpaired) electrons. The summed E-state index contributed by atoms with van der Waals surface area (Å²) < 4.78 is 37.3. The van der Waals surface area contributed by atoms with Gasteiger partial charge in [0.15, 0.2) is 0 Å². The van der Waals surface area contributed by atoms with E-state index in [0.29, 0.717) is 18.8 Å². The number of esters is 1. The summed E-state index contributed by atoms with van der Waals surface area (Å²) >= 11 is 1.04. The van der Waals surface area contributed by atoms with Crippen molar-refractivity contribution < 1.29 is 22.7 Å². The molecular formula is C15H17N3O5S2. The van der Waals surface area contributed by atoms with Crippen molar-refractivity contribution in [1.29, 1.82) is 0 Å². The second-order valence-electron chi connectivity index (χ2n) is 5.51. The van der Waals surface area contributed by atoms with Crippen LogP contribution in [0.2, 0.25) is 0 Å². The van der Waals surface area contributed by atoms with E-state index in [-0.39, 0.29) is 22.4 Å². The minimum atomic E-state index is -3.79. The fourth-order valence-corrected chi connectivity index (χ4v) is 5.31. The van der Waals surface area contributed by atoms with Crippen molar-refractivity contribution in [3.63, 3.8) is 0 Å². The number of thiophene rings is 1. The summed E-state index contributed by atoms with van der Waals surface area (Å²) in [5, 5.41) is 9.40. The summed E-state index contributed by atoms with van der Waals surface area (Å²) in [6.07, 6.45) is 0.221. The maximum atomic E-state index is 12.8. The van der Waals surface area contributed by atoms with Gasteiger partial charge in [0.25, 0.3) is 0 Å². The van der Waals surface area contributed by atoms with Gasteiger partial charge in [-0.25, -0.2) is 13.2 Å². The Bertz CT molecular complexity index is 864. The molecule has 134 valence electrons. The predicted octanol–water partition coefficient (Wildman–Crippen LogP) is 1.48. The van der Waals surface area contributed by atoms with Gasteiger partial charge in [0, 0.05) is 12.6 Å². The average Bonchev–Trinajstić information content (AvgIpc) is 3.26. The van der Waals surface area contributed by atoms with Gasteiger partial charge in [-0.2, -0.15) is 9.40 Å². The van der Waals surface area contributed by atoms with E-state index < -0.39 is 16.0 Å². The third-order valence-corrected chi connectivity index (χ3v) is 6.72. The summed E-state index contributed by atoms with van der Waals surface area (Å²) in [5.74, 6) is -0.295. The van der Waals surface area contributed by atoms with Crippen molar-refractivity contribution in [3.05, 3.63) is 34.2 Å². The number of nitrogens with zero attached hydrogens (tertiary/aromatic N) is 3. The molecule has 0 amide bonds. The zero-order valence-corrected chi connectivity index (χ0v) is 15.3. The number of aromatic nitrogens is 2. The molecule has 0 aromatic carbocycles. The van der Waals surface area contributed by atoms with E-state index in [1.807, 2.05) is 6.92 Å². The molecule has 1 aliphatic heterocycles. The third-order valence-electron chi connectivity index (χ3n) is 3.79. The maximum absolute atomic E-state index is 12.8. The van der Waals surface area contributed by atoms with Crippen LogP contribution in [0, 0.1) is 6.92 Å². The minimum absolute atomic E-state index is 0.0277. The molecule has 1 fully saturated rings. The van der Waals surface area contributed by atoms with Crippen LogP contribution < -0.4 is 4.74 Å². The molecule has 0 spiro atoms. The molecule has 0 N–H and O–H groups in total. The number of rotatable bonds is 5. The van der Waals surface area contributed by atoms with Crippen LogP contribution in [0.1, 0.15) is 21.8 Å². The Kier molecular flexibility index (Phi) is 5.02. The molecule has 3 heterocycles. The molecule has 0 aliphatic carbocycles. The monoisotopic (exact) mass is 383 g/mol. The van der Waals surface area contributed by atoms with E-state index in [2.05, 4.69) is 14.9 Å². The first kappa shape index (κ1) is 17.8. The van der Waals surface area contributed by atoms with Gasteiger partial charge in [-0.3, -0.25) is 0 Å². The van der Waals surface area contributed by atoms with Crippen LogP contribution in [0.25, 0.3) is 0 Å². The molecule has 1 unspecified atom stereocenters. The van der Waals surface area contributed by atoms with Crippen LogP contribution in [0.15, 0.2) is 28.5 Å². The van der Waals surface area contributed by atoms with E-state index in [4.69, 9.17) is 4.74 Å². The number of ether oxygens (including phenoxy) is 2. The minimum Gasteiger partial charge on any atom is -0.472 e. The maximum Gasteiger partial charge on any atom is 0.349 e. The fraction of sp³-hybridized carbons (Fsp3) is 0.400. The number of carbonyl (C=O) groups is 1. The number of hydrogen-bond acceptors (Lipinski definition) is 8. The highest BCUT2D eigenvalue weighted by Gasteiger charge is 2.36. The van der Waals surface area contributed by atoms with Crippen molar-refractivity contribution in [1.82, 2.24) is 14.5 Å². The third kappa shape index (κ3) is 3.65. The number of carbonyl (C=O) groups excluding carboxylic acids is 1. The van der Waals surface area contributed by atoms with Crippen molar-refractivity contribution >= 4 is 27.3 Å². The van der Waals surface area contributed by atoms with Crippen molar-refractivity contribution in [2.75, 3.05) is 20.2 Å². The Labute approximate surface area is 149 Å². The van der Waals surface area contributed by atoms with Gasteiger partial charge in [0.1, 0.15) is 15.9 Å². The van der Waals surface area contributed by atoms with E-state index in [1.165, 1.54) is 17.5 Å². The summed E-state index contributed by atoms with van der Waals surface area (Å²) in [6, 6.07) is 4.90. The Morgan fingerprint density at radius 1 is 1.32 bits per heavy atom. The fourth-order valence-electron chi connectivity index (χ4n) is 2.51. The van der Waals surface area contributed by atoms with Crippen LogP contribution in [0.4, 0.5) is 0 Å². The Hall–Kier alpha value is -2.04. The van der Waals surface area contributed by atoms with Gasteiger partial charge in [0.2, 0.25) is 15.9 Å². The van der Waals surface area contributed by atoms with Crippen molar-refractivity contribution in [2.24, 2.45) is 0 Å². The first-order chi connectivity index (χ1) is 11.9. The predicted molar refractivity (Wildman–Crippen MR) is 90.2 cm³/mol. The van der Waals surface area contributed by atoms with Crippen LogP contribution in [-0.4, -0.2) is 55.2 Å². The normalized spacial score (nSPS) is 18.2. The standard InChI is InChI=1S/C15H17N3O5S2/c1-10-3-4-13(17-16-10)23-11-5-7-18(9-11)25(20,21)12-6-8-24-14(12)15(19)22-2/h3-4,6,8,11H,5,7,9H2,1-2H3. The topological polar surface area (TPSA) is 98.7 Å². The number of methoxy groups -OCH3 is 1. The molecule has 3 rings (SSSR count). The second kappa shape index (κ2) is 7.06. The highest BCUT2D eigenvalue weighted by molar-refractivity contribution is 7.89. The molecule has 1 atom stereocenters. The average molecular weight is 383 g/mol. The first-order valence-electron chi connectivity index (χ1n) is 7.55. The first-order valence-corrected chi connectivity index (χ1v) is 9.86. The Balaban J connectivity index is 1.73. The lowest BCUT2D eigenvalue weighted by atomic mass is 10.3. The van der Waals surface area contributed by atoms with Gasteiger partial charge < -0.3 is 9.47 Å². The number of sulfonamides is 1. The molecule has 8 nitrogen and oxygen atoms in total. The number of aryl methyl sites for hydroxylation is 1. The van der Waals surface area contributed by atoms with Gasteiger partial charge in [-0.15, -0.1) is 16.4 Å². The smallest absolute Gasteiger partial charge is 0.349 e. The highest BCUT2D eigenvalue weighted by atomic mass is 32.2. The van der Waals surface area contributed by atoms with Gasteiger partial charge >= 0.3 is 5.97 Å². The van der Waals surface area contributed by atoms with Crippen molar-refractivity contribution in [3.8, 4) is 5.88 Å². The largest absolute Gasteiger partial charge is 0.472 e. The molecule has 0 bridgehead atoms. The Morgan fingerprint density at radius 2 is 2.12 bits per heavy atom. The summed E-state index contributed by atoms with van der Waals surface area (Å²) in [6.45, 7) is 2.32. The molecule has 25 heavy (non-hydrogen) atoms. The highest BCUT2D eigenvalue weighted by Crippen LogP contribution is 2.29. The Morgan fingerprint density at radius 3 is 2.80 bits per heavy atom. The second-order valence-corrected chi connectivity index (χ2v) is 8.33. The SMILES string of the molecule is COC(=O)c1sccc1S(=O)(=O)N1CCC(Oc2ccc(C)nn2)C1. The van der Waals surface area contributed by atoms with Crippen LogP contribution in [-0.2, 0) is 14.8 Å². The molecule has 2 aromatic heterocycles. The van der Waals surface area contributed by atoms with Crippen LogP contribution in [0.5, 0.6) is 5.88 Å². The molecular weight excluding hydrogens is 366 g/mol. The van der Waals surface area contributed by atoms with E-state index in [1.54, 1.807) is 17.5 Å². The van der Waals surface area contributed by atoms with E-state index in [9.17, 15) is 13.2 Å². The zero-order valence-electron chi connectivity index (χ0n) is 13.7. The van der Waals surface area contributed by atoms with E-state index in [0.717, 1.165) is 17.0 Å². The lowest BCUT2D eigenvalue weighted by Crippen LogP contribution is -2.31. The number of hydrogen-bond donors (Lipinski definition) is 0. The van der Waals surface area contributed by atoms with Crippen molar-refractivity contribution in [2.45, 2.75) is 24.3 Å². The summed E-state index contributed by atoms with van der Waals surface area (Å²) in [7, 11) is -2.56. The van der Waals surface area contributed by atoms with Crippen LogP contribution >= 0.6 is 11.3 Å². The molecule has 10 heteroatoms. The molecule has 1 aliphatic rings. The van der Waals surface area contributed by atoms with E-state index >= 15 is 0 Å². The lowest BCUT2D eigenvalue weighted by Gasteiger charge is -2.17. The summed E-state index contributed by atoms with van der Waals surface area (Å²) in [5.41, 5.74) is 0.774. The van der Waals surface area contributed by atoms with Gasteiger partial charge in [-0.1, -0.05) is 0 Å². The lowest BCUT2D eigenvalue weighted by molar-refractivity contribution is 0.0602. The van der Waals surface area contributed by atoms with Gasteiger partial charge in [0.05, 0.1) is 19.3 Å². The zero-order chi connectivity index (χ0) is 18.0.